The summed E-state index contributed by atoms with van der Waals surface area (Å²) in [7, 11) is 0. The number of thiazole rings is 1. The Morgan fingerprint density at radius 3 is 2.94 bits per heavy atom. The van der Waals surface area contributed by atoms with E-state index < -0.39 is 0 Å². The minimum atomic E-state index is 0.211. The molecule has 0 unspecified atom stereocenters. The summed E-state index contributed by atoms with van der Waals surface area (Å²) in [5, 5.41) is 5.43. The summed E-state index contributed by atoms with van der Waals surface area (Å²) >= 11 is 1.62. The molecule has 18 heavy (non-hydrogen) atoms. The lowest BCUT2D eigenvalue weighted by Crippen LogP contribution is -2.13. The molecule has 1 heterocycles. The molecule has 4 heteroatoms. The molecule has 0 saturated heterocycles. The first kappa shape index (κ1) is 13.1. The highest BCUT2D eigenvalue weighted by molar-refractivity contribution is 7.07. The molecular weight excluding hydrogens is 244 g/mol. The minimum Gasteiger partial charge on any atom is -0.491 e. The summed E-state index contributed by atoms with van der Waals surface area (Å²) < 4.78 is 5.67. The molecule has 0 radical (unpaired) electrons. The van der Waals surface area contributed by atoms with Crippen molar-refractivity contribution in [1.29, 1.82) is 0 Å². The Bertz CT molecular complexity index is 468. The Morgan fingerprint density at radius 2 is 2.22 bits per heavy atom. The van der Waals surface area contributed by atoms with Crippen molar-refractivity contribution in [2.75, 3.05) is 0 Å². The van der Waals surface area contributed by atoms with Crippen molar-refractivity contribution < 1.29 is 4.74 Å². The van der Waals surface area contributed by atoms with E-state index in [1.165, 1.54) is 5.56 Å². The molecule has 1 N–H and O–H groups in total. The molecule has 0 amide bonds. The Hall–Kier alpha value is -1.39. The molecule has 0 bridgehead atoms. The summed E-state index contributed by atoms with van der Waals surface area (Å²) in [4.78, 5) is 4.24. The fourth-order valence-corrected chi connectivity index (χ4v) is 2.22. The van der Waals surface area contributed by atoms with Gasteiger partial charge in [-0.1, -0.05) is 12.1 Å². The zero-order chi connectivity index (χ0) is 12.8. The smallest absolute Gasteiger partial charge is 0.120 e. The van der Waals surface area contributed by atoms with Crippen LogP contribution in [0.15, 0.2) is 35.2 Å². The normalized spacial score (nSPS) is 10.8. The molecule has 2 rings (SSSR count). The lowest BCUT2D eigenvalue weighted by molar-refractivity contribution is 0.242. The quantitative estimate of drug-likeness (QED) is 0.868. The largest absolute Gasteiger partial charge is 0.491 e. The first-order valence-electron chi connectivity index (χ1n) is 6.07. The van der Waals surface area contributed by atoms with Crippen LogP contribution in [0.1, 0.15) is 25.1 Å². The fourth-order valence-electron chi connectivity index (χ4n) is 1.66. The van der Waals surface area contributed by atoms with Gasteiger partial charge in [-0.3, -0.25) is 0 Å². The molecule has 0 aliphatic rings. The van der Waals surface area contributed by atoms with Crippen LogP contribution >= 0.6 is 11.3 Å². The molecule has 1 aromatic carbocycles. The van der Waals surface area contributed by atoms with Gasteiger partial charge in [0.25, 0.3) is 0 Å². The molecule has 0 fully saturated rings. The van der Waals surface area contributed by atoms with Crippen molar-refractivity contribution in [1.82, 2.24) is 10.3 Å². The number of nitrogens with zero attached hydrogens (tertiary/aromatic N) is 1. The molecule has 0 aliphatic heterocycles. The second-order valence-electron chi connectivity index (χ2n) is 4.40. The van der Waals surface area contributed by atoms with Crippen LogP contribution in [0, 0.1) is 0 Å². The standard InChI is InChI=1S/C14H18N2OS/c1-11(2)17-14-5-3-4-12(6-14)7-15-8-13-9-18-10-16-13/h3-6,9-11,15H,7-8H2,1-2H3. The van der Waals surface area contributed by atoms with Crippen LogP contribution in [0.3, 0.4) is 0 Å². The number of nitrogens with one attached hydrogen (secondary N) is 1. The van der Waals surface area contributed by atoms with Gasteiger partial charge in [0.05, 0.1) is 17.3 Å². The monoisotopic (exact) mass is 262 g/mol. The molecule has 0 spiro atoms. The molecule has 2 aromatic rings. The molecule has 0 saturated carbocycles. The number of hydrogen-bond donors (Lipinski definition) is 1. The highest BCUT2D eigenvalue weighted by Gasteiger charge is 2.00. The molecule has 3 nitrogen and oxygen atoms in total. The van der Waals surface area contributed by atoms with Gasteiger partial charge in [-0.05, 0) is 31.5 Å². The van der Waals surface area contributed by atoms with E-state index in [0.717, 1.165) is 24.5 Å². The van der Waals surface area contributed by atoms with Gasteiger partial charge < -0.3 is 10.1 Å². The molecule has 96 valence electrons. The van der Waals surface area contributed by atoms with Crippen molar-refractivity contribution in [3.05, 3.63) is 46.4 Å². The third-order valence-electron chi connectivity index (χ3n) is 2.39. The van der Waals surface area contributed by atoms with E-state index in [2.05, 4.69) is 27.8 Å². The topological polar surface area (TPSA) is 34.1 Å². The number of rotatable bonds is 6. The van der Waals surface area contributed by atoms with Gasteiger partial charge >= 0.3 is 0 Å². The maximum atomic E-state index is 5.67. The van der Waals surface area contributed by atoms with Gasteiger partial charge in [0.2, 0.25) is 0 Å². The van der Waals surface area contributed by atoms with Crippen LogP contribution in [0.5, 0.6) is 5.75 Å². The van der Waals surface area contributed by atoms with Gasteiger partial charge in [0.15, 0.2) is 0 Å². The molecule has 0 atom stereocenters. The average molecular weight is 262 g/mol. The third-order valence-corrected chi connectivity index (χ3v) is 3.02. The average Bonchev–Trinajstić information content (AvgIpc) is 2.82. The van der Waals surface area contributed by atoms with E-state index in [4.69, 9.17) is 4.74 Å². The van der Waals surface area contributed by atoms with Crippen LogP contribution < -0.4 is 10.1 Å². The van der Waals surface area contributed by atoms with Crippen molar-refractivity contribution >= 4 is 11.3 Å². The zero-order valence-corrected chi connectivity index (χ0v) is 11.5. The fraction of sp³-hybridized carbons (Fsp3) is 0.357. The van der Waals surface area contributed by atoms with E-state index in [-0.39, 0.29) is 6.10 Å². The van der Waals surface area contributed by atoms with E-state index >= 15 is 0 Å². The van der Waals surface area contributed by atoms with Crippen LogP contribution in [0.4, 0.5) is 0 Å². The van der Waals surface area contributed by atoms with Crippen molar-refractivity contribution in [2.24, 2.45) is 0 Å². The lowest BCUT2D eigenvalue weighted by Gasteiger charge is -2.11. The van der Waals surface area contributed by atoms with Crippen molar-refractivity contribution in [2.45, 2.75) is 33.0 Å². The summed E-state index contributed by atoms with van der Waals surface area (Å²) in [6, 6.07) is 8.19. The SMILES string of the molecule is CC(C)Oc1cccc(CNCc2cscn2)c1. The molecular formula is C14H18N2OS. The van der Waals surface area contributed by atoms with E-state index in [1.54, 1.807) is 11.3 Å². The lowest BCUT2D eigenvalue weighted by atomic mass is 10.2. The first-order chi connectivity index (χ1) is 8.74. The number of benzene rings is 1. The Kier molecular flexibility index (Phi) is 4.73. The second kappa shape index (κ2) is 6.52. The highest BCUT2D eigenvalue weighted by atomic mass is 32.1. The van der Waals surface area contributed by atoms with Gasteiger partial charge in [-0.15, -0.1) is 11.3 Å². The predicted octanol–water partition coefficient (Wildman–Crippen LogP) is 3.22. The third kappa shape index (κ3) is 4.13. The van der Waals surface area contributed by atoms with Gasteiger partial charge in [0.1, 0.15) is 5.75 Å². The number of hydrogen-bond acceptors (Lipinski definition) is 4. The Labute approximate surface area is 112 Å². The Balaban J connectivity index is 1.85. The summed E-state index contributed by atoms with van der Waals surface area (Å²) in [5.41, 5.74) is 4.17. The predicted molar refractivity (Wildman–Crippen MR) is 74.9 cm³/mol. The van der Waals surface area contributed by atoms with Gasteiger partial charge in [-0.25, -0.2) is 4.98 Å². The molecule has 1 aromatic heterocycles. The van der Waals surface area contributed by atoms with Crippen molar-refractivity contribution in [3.63, 3.8) is 0 Å². The number of aromatic nitrogens is 1. The van der Waals surface area contributed by atoms with E-state index in [0.29, 0.717) is 0 Å². The van der Waals surface area contributed by atoms with E-state index in [9.17, 15) is 0 Å². The zero-order valence-electron chi connectivity index (χ0n) is 10.7. The van der Waals surface area contributed by atoms with Crippen LogP contribution in [-0.4, -0.2) is 11.1 Å². The van der Waals surface area contributed by atoms with Crippen LogP contribution in [-0.2, 0) is 13.1 Å². The van der Waals surface area contributed by atoms with Gasteiger partial charge in [-0.2, -0.15) is 0 Å². The van der Waals surface area contributed by atoms with Gasteiger partial charge in [0, 0.05) is 18.5 Å². The summed E-state index contributed by atoms with van der Waals surface area (Å²) in [6.45, 7) is 5.70. The second-order valence-corrected chi connectivity index (χ2v) is 5.12. The summed E-state index contributed by atoms with van der Waals surface area (Å²) in [6.07, 6.45) is 0.211. The van der Waals surface area contributed by atoms with E-state index in [1.807, 2.05) is 31.5 Å². The first-order valence-corrected chi connectivity index (χ1v) is 7.01. The highest BCUT2D eigenvalue weighted by Crippen LogP contribution is 2.14. The summed E-state index contributed by atoms with van der Waals surface area (Å²) in [5.74, 6) is 0.929. The maximum absolute atomic E-state index is 5.67. The van der Waals surface area contributed by atoms with Crippen molar-refractivity contribution in [3.8, 4) is 5.75 Å². The number of ether oxygens (including phenoxy) is 1. The minimum absolute atomic E-state index is 0.211. The maximum Gasteiger partial charge on any atom is 0.120 e. The van der Waals surface area contributed by atoms with Crippen LogP contribution in [0.2, 0.25) is 0 Å². The Morgan fingerprint density at radius 1 is 1.33 bits per heavy atom. The molecule has 0 aliphatic carbocycles. The van der Waals surface area contributed by atoms with Crippen LogP contribution in [0.25, 0.3) is 0 Å².